The van der Waals surface area contributed by atoms with Gasteiger partial charge in [-0.2, -0.15) is 0 Å². The number of likely N-dealkylation sites (tertiary alicyclic amines) is 1. The molecule has 3 atom stereocenters. The van der Waals surface area contributed by atoms with Crippen LogP contribution in [0.5, 0.6) is 0 Å². The van der Waals surface area contributed by atoms with Crippen LogP contribution in [-0.2, 0) is 0 Å². The Morgan fingerprint density at radius 1 is 1.10 bits per heavy atom. The summed E-state index contributed by atoms with van der Waals surface area (Å²) in [5.74, 6) is 2.02. The molecule has 0 bridgehead atoms. The number of hydrogen-bond acceptors (Lipinski definition) is 3. The zero-order valence-electron chi connectivity index (χ0n) is 13.8. The highest BCUT2D eigenvalue weighted by molar-refractivity contribution is 4.92. The maximum Gasteiger partial charge on any atom is 0.0610 e. The molecule has 0 radical (unpaired) electrons. The van der Waals surface area contributed by atoms with E-state index < -0.39 is 0 Å². The van der Waals surface area contributed by atoms with Crippen molar-refractivity contribution >= 4 is 0 Å². The van der Waals surface area contributed by atoms with Crippen molar-refractivity contribution in [2.24, 2.45) is 11.8 Å². The van der Waals surface area contributed by atoms with Crippen molar-refractivity contribution in [2.45, 2.75) is 76.3 Å². The zero-order valence-corrected chi connectivity index (χ0v) is 13.8. The molecule has 2 N–H and O–H groups in total. The molecule has 2 aliphatic carbocycles. The molecule has 0 aromatic carbocycles. The number of nitrogens with one attached hydrogen (secondary N) is 1. The summed E-state index contributed by atoms with van der Waals surface area (Å²) in [5, 5.41) is 13.3. The number of hydrogen-bond donors (Lipinski definition) is 2. The van der Waals surface area contributed by atoms with Gasteiger partial charge in [0.2, 0.25) is 0 Å². The Labute approximate surface area is 130 Å². The Kier molecular flexibility index (Phi) is 5.23. The average molecular weight is 294 g/mol. The van der Waals surface area contributed by atoms with Gasteiger partial charge in [-0.3, -0.25) is 0 Å². The van der Waals surface area contributed by atoms with E-state index in [1.165, 1.54) is 71.0 Å². The predicted molar refractivity (Wildman–Crippen MR) is 87.4 cm³/mol. The van der Waals surface area contributed by atoms with E-state index in [-0.39, 0.29) is 12.1 Å². The van der Waals surface area contributed by atoms with E-state index in [0.29, 0.717) is 6.04 Å². The Morgan fingerprint density at radius 3 is 2.57 bits per heavy atom. The number of rotatable bonds is 7. The highest BCUT2D eigenvalue weighted by Crippen LogP contribution is 2.36. The third kappa shape index (κ3) is 4.43. The van der Waals surface area contributed by atoms with Crippen molar-refractivity contribution in [1.82, 2.24) is 10.2 Å². The van der Waals surface area contributed by atoms with E-state index in [4.69, 9.17) is 0 Å². The van der Waals surface area contributed by atoms with E-state index in [1.54, 1.807) is 0 Å². The molecule has 3 nitrogen and oxygen atoms in total. The topological polar surface area (TPSA) is 35.5 Å². The molecule has 3 aliphatic rings. The summed E-state index contributed by atoms with van der Waals surface area (Å²) >= 11 is 0. The lowest BCUT2D eigenvalue weighted by Crippen LogP contribution is -2.48. The van der Waals surface area contributed by atoms with Gasteiger partial charge >= 0.3 is 0 Å². The van der Waals surface area contributed by atoms with E-state index in [1.807, 2.05) is 0 Å². The first kappa shape index (κ1) is 15.8. The van der Waals surface area contributed by atoms with Crippen LogP contribution < -0.4 is 5.32 Å². The van der Waals surface area contributed by atoms with Gasteiger partial charge in [0.15, 0.2) is 0 Å². The monoisotopic (exact) mass is 294 g/mol. The largest absolute Gasteiger partial charge is 0.394 e. The van der Waals surface area contributed by atoms with Crippen LogP contribution in [0.15, 0.2) is 0 Å². The van der Waals surface area contributed by atoms with Crippen molar-refractivity contribution < 1.29 is 5.11 Å². The lowest BCUT2D eigenvalue weighted by molar-refractivity contribution is 0.0813. The summed E-state index contributed by atoms with van der Waals surface area (Å²) < 4.78 is 0. The molecule has 21 heavy (non-hydrogen) atoms. The summed E-state index contributed by atoms with van der Waals surface area (Å²) in [6, 6.07) is 0.681. The summed E-state index contributed by atoms with van der Waals surface area (Å²) in [6.07, 6.45) is 12.2. The standard InChI is InChI=1S/C18H34N2O/c1-18(14-21,19-17-7-8-17)10-4-11-20-12-9-15-5-2-3-6-16(15)13-20/h15-17,19,21H,2-14H2,1H3. The van der Waals surface area contributed by atoms with Gasteiger partial charge in [-0.25, -0.2) is 0 Å². The molecule has 0 aromatic rings. The quantitative estimate of drug-likeness (QED) is 0.758. The SMILES string of the molecule is CC(CO)(CCCN1CCC2CCCCC2C1)NC1CC1. The van der Waals surface area contributed by atoms with Crippen LogP contribution in [0.3, 0.4) is 0 Å². The third-order valence-corrected chi connectivity index (χ3v) is 6.06. The predicted octanol–water partition coefficient (Wildman–Crippen LogP) is 2.78. The third-order valence-electron chi connectivity index (χ3n) is 6.06. The van der Waals surface area contributed by atoms with Crippen LogP contribution >= 0.6 is 0 Å². The summed E-state index contributed by atoms with van der Waals surface area (Å²) in [5.41, 5.74) is -0.0513. The second-order valence-corrected chi connectivity index (χ2v) is 8.13. The van der Waals surface area contributed by atoms with Gasteiger partial charge in [0.1, 0.15) is 0 Å². The maximum absolute atomic E-state index is 9.68. The molecule has 0 spiro atoms. The molecule has 1 heterocycles. The van der Waals surface area contributed by atoms with Gasteiger partial charge in [-0.05, 0) is 70.4 Å². The average Bonchev–Trinajstić information content (AvgIpc) is 3.31. The summed E-state index contributed by atoms with van der Waals surface area (Å²) in [6.45, 7) is 6.35. The second kappa shape index (κ2) is 6.97. The minimum absolute atomic E-state index is 0.0513. The van der Waals surface area contributed by atoms with Crippen LogP contribution in [0.4, 0.5) is 0 Å². The number of nitrogens with zero attached hydrogens (tertiary/aromatic N) is 1. The number of aliphatic hydroxyl groups excluding tert-OH is 1. The minimum Gasteiger partial charge on any atom is -0.394 e. The van der Waals surface area contributed by atoms with Gasteiger partial charge < -0.3 is 15.3 Å². The fourth-order valence-electron chi connectivity index (χ4n) is 4.49. The summed E-state index contributed by atoms with van der Waals surface area (Å²) in [4.78, 5) is 2.70. The maximum atomic E-state index is 9.68. The van der Waals surface area contributed by atoms with Crippen molar-refractivity contribution in [1.29, 1.82) is 0 Å². The normalized spacial score (nSPS) is 33.4. The fourth-order valence-corrected chi connectivity index (χ4v) is 4.49. The van der Waals surface area contributed by atoms with E-state index in [2.05, 4.69) is 17.1 Å². The molecule has 0 amide bonds. The van der Waals surface area contributed by atoms with Crippen molar-refractivity contribution in [3.8, 4) is 0 Å². The van der Waals surface area contributed by atoms with E-state index >= 15 is 0 Å². The highest BCUT2D eigenvalue weighted by atomic mass is 16.3. The molecule has 1 saturated heterocycles. The molecular formula is C18H34N2O. The Hall–Kier alpha value is -0.120. The first-order valence-electron chi connectivity index (χ1n) is 9.29. The Bertz CT molecular complexity index is 331. The molecule has 2 saturated carbocycles. The molecule has 3 unspecified atom stereocenters. The number of aliphatic hydroxyl groups is 1. The fraction of sp³-hybridized carbons (Fsp3) is 1.00. The summed E-state index contributed by atoms with van der Waals surface area (Å²) in [7, 11) is 0. The zero-order chi connectivity index (χ0) is 14.7. The smallest absolute Gasteiger partial charge is 0.0610 e. The lowest BCUT2D eigenvalue weighted by Gasteiger charge is -2.41. The molecule has 0 aromatic heterocycles. The first-order chi connectivity index (χ1) is 10.2. The molecule has 3 rings (SSSR count). The van der Waals surface area contributed by atoms with E-state index in [9.17, 15) is 5.11 Å². The number of piperidine rings is 1. The molecule has 3 fully saturated rings. The molecule has 3 heteroatoms. The van der Waals surface area contributed by atoms with Crippen LogP contribution in [0.25, 0.3) is 0 Å². The van der Waals surface area contributed by atoms with Crippen molar-refractivity contribution in [3.63, 3.8) is 0 Å². The van der Waals surface area contributed by atoms with E-state index in [0.717, 1.165) is 18.3 Å². The van der Waals surface area contributed by atoms with Gasteiger partial charge in [-0.1, -0.05) is 19.3 Å². The van der Waals surface area contributed by atoms with Crippen molar-refractivity contribution in [2.75, 3.05) is 26.2 Å². The minimum atomic E-state index is -0.0513. The molecule has 1 aliphatic heterocycles. The molecule has 122 valence electrons. The van der Waals surface area contributed by atoms with Gasteiger partial charge in [0.25, 0.3) is 0 Å². The Balaban J connectivity index is 1.38. The lowest BCUT2D eigenvalue weighted by atomic mass is 9.75. The van der Waals surface area contributed by atoms with Crippen molar-refractivity contribution in [3.05, 3.63) is 0 Å². The van der Waals surface area contributed by atoms with Crippen LogP contribution in [0, 0.1) is 11.8 Å². The van der Waals surface area contributed by atoms with Gasteiger partial charge in [-0.15, -0.1) is 0 Å². The number of fused-ring (bicyclic) bond motifs is 1. The first-order valence-corrected chi connectivity index (χ1v) is 9.29. The second-order valence-electron chi connectivity index (χ2n) is 8.13. The van der Waals surface area contributed by atoms with Gasteiger partial charge in [0, 0.05) is 18.1 Å². The Morgan fingerprint density at radius 2 is 1.86 bits per heavy atom. The molecular weight excluding hydrogens is 260 g/mol. The van der Waals surface area contributed by atoms with Crippen LogP contribution in [0.1, 0.15) is 64.7 Å². The van der Waals surface area contributed by atoms with Crippen LogP contribution in [0.2, 0.25) is 0 Å². The van der Waals surface area contributed by atoms with Gasteiger partial charge in [0.05, 0.1) is 6.61 Å². The van der Waals surface area contributed by atoms with Crippen LogP contribution in [-0.4, -0.2) is 47.8 Å². The highest BCUT2D eigenvalue weighted by Gasteiger charge is 2.33.